The summed E-state index contributed by atoms with van der Waals surface area (Å²) in [6.07, 6.45) is -2.03. The molecule has 0 spiro atoms. The minimum absolute atomic E-state index is 0.141. The van der Waals surface area contributed by atoms with Gasteiger partial charge in [0, 0.05) is 23.1 Å². The highest BCUT2D eigenvalue weighted by molar-refractivity contribution is 5.97. The van der Waals surface area contributed by atoms with Gasteiger partial charge in [0.2, 0.25) is 5.91 Å². The molecule has 2 amide bonds. The van der Waals surface area contributed by atoms with Gasteiger partial charge in [0.1, 0.15) is 23.5 Å². The Morgan fingerprint density at radius 1 is 1.03 bits per heavy atom. The van der Waals surface area contributed by atoms with E-state index in [1.54, 1.807) is 13.8 Å². The van der Waals surface area contributed by atoms with Crippen LogP contribution in [0.2, 0.25) is 0 Å². The minimum Gasteiger partial charge on any atom is -0.378 e. The summed E-state index contributed by atoms with van der Waals surface area (Å²) in [5.41, 5.74) is -0.782. The molecular weight excluding hydrogens is 456 g/mol. The molecule has 7 nitrogen and oxygen atoms in total. The van der Waals surface area contributed by atoms with Crippen molar-refractivity contribution >= 4 is 17.6 Å². The van der Waals surface area contributed by atoms with Crippen molar-refractivity contribution in [1.29, 1.82) is 0 Å². The van der Waals surface area contributed by atoms with Gasteiger partial charge in [-0.2, -0.15) is 5.10 Å². The number of anilines is 1. The van der Waals surface area contributed by atoms with E-state index in [1.165, 1.54) is 25.1 Å². The van der Waals surface area contributed by atoms with Crippen molar-refractivity contribution in [2.45, 2.75) is 38.3 Å². The Kier molecular flexibility index (Phi) is 7.06. The van der Waals surface area contributed by atoms with Gasteiger partial charge < -0.3 is 15.7 Å². The second-order valence-electron chi connectivity index (χ2n) is 8.22. The zero-order chi connectivity index (χ0) is 25.2. The van der Waals surface area contributed by atoms with Crippen LogP contribution in [0.4, 0.5) is 23.4 Å². The van der Waals surface area contributed by atoms with Crippen LogP contribution in [0.15, 0.2) is 42.5 Å². The molecule has 0 aliphatic rings. The molecule has 0 fully saturated rings. The van der Waals surface area contributed by atoms with E-state index < -0.39 is 58.2 Å². The number of aromatic amines is 1. The summed E-state index contributed by atoms with van der Waals surface area (Å²) in [6, 6.07) is 6.43. The number of halogens is 4. The van der Waals surface area contributed by atoms with Crippen LogP contribution in [0.1, 0.15) is 43.7 Å². The molecule has 3 aromatic rings. The normalized spacial score (nSPS) is 13.3. The van der Waals surface area contributed by atoms with E-state index in [1.807, 2.05) is 0 Å². The molecule has 2 aromatic carbocycles. The van der Waals surface area contributed by atoms with Gasteiger partial charge in [0.25, 0.3) is 5.91 Å². The Hall–Kier alpha value is -3.73. The van der Waals surface area contributed by atoms with Crippen molar-refractivity contribution in [3.63, 3.8) is 0 Å². The number of hydrogen-bond acceptors (Lipinski definition) is 4. The average molecular weight is 478 g/mol. The van der Waals surface area contributed by atoms with Gasteiger partial charge in [-0.3, -0.25) is 14.7 Å². The molecule has 1 heterocycles. The lowest BCUT2D eigenvalue weighted by atomic mass is 9.81. The fourth-order valence-electron chi connectivity index (χ4n) is 3.24. The number of benzene rings is 2. The van der Waals surface area contributed by atoms with Crippen LogP contribution < -0.4 is 10.6 Å². The zero-order valence-electron chi connectivity index (χ0n) is 18.4. The standard InChI is InChI=1S/C23H22F4N4O3/c1-11(28-22(34)20(32)15-5-4-6-16(26)19(15)27)21(33)29-18-10-17(30-31-18)23(2,3)12-7-13(24)9-14(25)8-12/h4-11,20,32H,1-3H3,(H,28,34)(H2,29,30,31,33)/t11-,20-/m0/s1. The van der Waals surface area contributed by atoms with Crippen LogP contribution in [-0.2, 0) is 15.0 Å². The van der Waals surface area contributed by atoms with Crippen LogP contribution in [0.3, 0.4) is 0 Å². The molecule has 2 atom stereocenters. The van der Waals surface area contributed by atoms with Crippen LogP contribution >= 0.6 is 0 Å². The van der Waals surface area contributed by atoms with Crippen molar-refractivity contribution in [2.24, 2.45) is 0 Å². The molecule has 1 aromatic heterocycles. The molecule has 34 heavy (non-hydrogen) atoms. The molecule has 0 saturated carbocycles. The SMILES string of the molecule is C[C@H](NC(=O)[C@@H](O)c1cccc(F)c1F)C(=O)Nc1cc(C(C)(C)c2cc(F)cc(F)c2)n[nH]1. The molecule has 0 aliphatic heterocycles. The maximum absolute atomic E-state index is 13.8. The summed E-state index contributed by atoms with van der Waals surface area (Å²) in [5.74, 6) is -5.74. The summed E-state index contributed by atoms with van der Waals surface area (Å²) < 4.78 is 54.4. The van der Waals surface area contributed by atoms with Crippen molar-refractivity contribution in [1.82, 2.24) is 15.5 Å². The first-order chi connectivity index (χ1) is 15.9. The van der Waals surface area contributed by atoms with E-state index in [0.717, 1.165) is 24.3 Å². The summed E-state index contributed by atoms with van der Waals surface area (Å²) in [7, 11) is 0. The zero-order valence-corrected chi connectivity index (χ0v) is 18.4. The van der Waals surface area contributed by atoms with E-state index in [4.69, 9.17) is 0 Å². The highest BCUT2D eigenvalue weighted by atomic mass is 19.2. The molecule has 0 unspecified atom stereocenters. The second-order valence-corrected chi connectivity index (χ2v) is 8.22. The maximum Gasteiger partial charge on any atom is 0.254 e. The van der Waals surface area contributed by atoms with Crippen LogP contribution in [0.25, 0.3) is 0 Å². The number of nitrogens with zero attached hydrogens (tertiary/aromatic N) is 1. The Balaban J connectivity index is 1.67. The molecule has 4 N–H and O–H groups in total. The van der Waals surface area contributed by atoms with Gasteiger partial charge in [0.05, 0.1) is 5.69 Å². The molecule has 0 bridgehead atoms. The Morgan fingerprint density at radius 3 is 2.32 bits per heavy atom. The number of carbonyl (C=O) groups excluding carboxylic acids is 2. The molecule has 0 radical (unpaired) electrons. The van der Waals surface area contributed by atoms with E-state index in [-0.39, 0.29) is 5.82 Å². The Bertz CT molecular complexity index is 1210. The highest BCUT2D eigenvalue weighted by Gasteiger charge is 2.29. The van der Waals surface area contributed by atoms with Gasteiger partial charge in [-0.05, 0) is 30.7 Å². The van der Waals surface area contributed by atoms with Crippen LogP contribution in [0.5, 0.6) is 0 Å². The molecule has 11 heteroatoms. The highest BCUT2D eigenvalue weighted by Crippen LogP contribution is 2.32. The number of nitrogens with one attached hydrogen (secondary N) is 3. The topological polar surface area (TPSA) is 107 Å². The number of aromatic nitrogens is 2. The predicted octanol–water partition coefficient (Wildman–Crippen LogP) is 3.47. The molecule has 3 rings (SSSR count). The van der Waals surface area contributed by atoms with Crippen molar-refractivity contribution < 1.29 is 32.3 Å². The summed E-state index contributed by atoms with van der Waals surface area (Å²) in [4.78, 5) is 24.7. The first-order valence-corrected chi connectivity index (χ1v) is 10.2. The Labute approximate surface area is 192 Å². The number of carbonyl (C=O) groups is 2. The van der Waals surface area contributed by atoms with Gasteiger partial charge >= 0.3 is 0 Å². The van der Waals surface area contributed by atoms with E-state index in [9.17, 15) is 32.3 Å². The first kappa shape index (κ1) is 24.9. The van der Waals surface area contributed by atoms with Crippen molar-refractivity contribution in [2.75, 3.05) is 5.32 Å². The van der Waals surface area contributed by atoms with Gasteiger partial charge in [-0.25, -0.2) is 17.6 Å². The van der Waals surface area contributed by atoms with Crippen LogP contribution in [-0.4, -0.2) is 33.2 Å². The van der Waals surface area contributed by atoms with Gasteiger partial charge in [-0.15, -0.1) is 0 Å². The lowest BCUT2D eigenvalue weighted by Gasteiger charge is -2.23. The van der Waals surface area contributed by atoms with E-state index in [2.05, 4.69) is 20.8 Å². The minimum atomic E-state index is -2.03. The lowest BCUT2D eigenvalue weighted by Crippen LogP contribution is -2.43. The van der Waals surface area contributed by atoms with Gasteiger partial charge in [-0.1, -0.05) is 26.0 Å². The maximum atomic E-state index is 13.8. The van der Waals surface area contributed by atoms with Crippen molar-refractivity contribution in [3.05, 3.63) is 82.6 Å². The quantitative estimate of drug-likeness (QED) is 0.390. The van der Waals surface area contributed by atoms with Gasteiger partial charge in [0.15, 0.2) is 17.7 Å². The fraction of sp³-hybridized carbons (Fsp3) is 0.261. The summed E-state index contributed by atoms with van der Waals surface area (Å²) in [6.45, 7) is 4.70. The van der Waals surface area contributed by atoms with E-state index >= 15 is 0 Å². The number of aliphatic hydroxyl groups is 1. The summed E-state index contributed by atoms with van der Waals surface area (Å²) >= 11 is 0. The molecule has 0 aliphatic carbocycles. The molecule has 0 saturated heterocycles. The predicted molar refractivity (Wildman–Crippen MR) is 115 cm³/mol. The monoisotopic (exact) mass is 478 g/mol. The Morgan fingerprint density at radius 2 is 1.68 bits per heavy atom. The largest absolute Gasteiger partial charge is 0.378 e. The third-order valence-electron chi connectivity index (χ3n) is 5.34. The number of rotatable bonds is 7. The summed E-state index contributed by atoms with van der Waals surface area (Å²) in [5, 5.41) is 21.4. The molecule has 180 valence electrons. The average Bonchev–Trinajstić information content (AvgIpc) is 3.23. The van der Waals surface area contributed by atoms with Crippen molar-refractivity contribution in [3.8, 4) is 0 Å². The first-order valence-electron chi connectivity index (χ1n) is 10.2. The van der Waals surface area contributed by atoms with E-state index in [0.29, 0.717) is 11.3 Å². The number of hydrogen-bond donors (Lipinski definition) is 4. The number of amides is 2. The third kappa shape index (κ3) is 5.25. The lowest BCUT2D eigenvalue weighted by molar-refractivity contribution is -0.132. The molecular formula is C23H22F4N4O3. The second kappa shape index (κ2) is 9.64. The smallest absolute Gasteiger partial charge is 0.254 e. The number of aliphatic hydroxyl groups excluding tert-OH is 1. The third-order valence-corrected chi connectivity index (χ3v) is 5.34. The van der Waals surface area contributed by atoms with Crippen LogP contribution in [0, 0.1) is 23.3 Å². The fourth-order valence-corrected chi connectivity index (χ4v) is 3.24. The number of H-pyrrole nitrogens is 1.